The number of hydrogen-bond donors (Lipinski definition) is 1. The van der Waals surface area contributed by atoms with Crippen molar-refractivity contribution in [3.05, 3.63) is 0 Å². The molecule has 2 atom stereocenters. The predicted octanol–water partition coefficient (Wildman–Crippen LogP) is 3.38. The Bertz CT molecular complexity index is 168. The largest absolute Gasteiger partial charge is 0.315 e. The Kier molecular flexibility index (Phi) is 9.85. The van der Waals surface area contributed by atoms with Gasteiger partial charge >= 0.3 is 0 Å². The van der Waals surface area contributed by atoms with Crippen molar-refractivity contribution in [3.63, 3.8) is 0 Å². The molecule has 0 fully saturated rings. The molecular formula is C15H34N2. The van der Waals surface area contributed by atoms with Crippen molar-refractivity contribution in [2.45, 2.75) is 60.4 Å². The molecule has 2 nitrogen and oxygen atoms in total. The Balaban J connectivity index is 4.30. The van der Waals surface area contributed by atoms with Gasteiger partial charge in [0.2, 0.25) is 0 Å². The van der Waals surface area contributed by atoms with Crippen LogP contribution in [-0.2, 0) is 0 Å². The Labute approximate surface area is 109 Å². The minimum atomic E-state index is 0.681. The summed E-state index contributed by atoms with van der Waals surface area (Å²) in [5.74, 6) is 1.53. The molecule has 0 aliphatic heterocycles. The molecule has 17 heavy (non-hydrogen) atoms. The van der Waals surface area contributed by atoms with Crippen LogP contribution in [0.15, 0.2) is 0 Å². The van der Waals surface area contributed by atoms with Crippen LogP contribution in [0.4, 0.5) is 0 Å². The highest BCUT2D eigenvalue weighted by Crippen LogP contribution is 2.13. The van der Waals surface area contributed by atoms with Crippen LogP contribution in [0.2, 0.25) is 0 Å². The van der Waals surface area contributed by atoms with Crippen molar-refractivity contribution in [3.8, 4) is 0 Å². The van der Waals surface area contributed by atoms with Gasteiger partial charge < -0.3 is 5.32 Å². The molecule has 0 bridgehead atoms. The molecule has 0 amide bonds. The van der Waals surface area contributed by atoms with E-state index in [4.69, 9.17) is 0 Å². The average Bonchev–Trinajstić information content (AvgIpc) is 2.31. The quantitative estimate of drug-likeness (QED) is 0.591. The molecule has 2 unspecified atom stereocenters. The van der Waals surface area contributed by atoms with Gasteiger partial charge in [0.25, 0.3) is 0 Å². The van der Waals surface area contributed by atoms with Gasteiger partial charge in [-0.1, -0.05) is 48.0 Å². The molecule has 0 heterocycles. The number of nitrogens with one attached hydrogen (secondary N) is 1. The summed E-state index contributed by atoms with van der Waals surface area (Å²) >= 11 is 0. The standard InChI is InChI=1S/C15H34N2/c1-7-10-16-11-15(13(4)5)17(9-3)12-14(6)8-2/h13-16H,7-12H2,1-6H3. The summed E-state index contributed by atoms with van der Waals surface area (Å²) in [5, 5.41) is 3.58. The molecule has 0 saturated carbocycles. The lowest BCUT2D eigenvalue weighted by atomic mass is 10.00. The summed E-state index contributed by atoms with van der Waals surface area (Å²) in [6.07, 6.45) is 2.51. The summed E-state index contributed by atoms with van der Waals surface area (Å²) in [4.78, 5) is 2.65. The third-order valence-electron chi connectivity index (χ3n) is 3.67. The van der Waals surface area contributed by atoms with E-state index in [-0.39, 0.29) is 0 Å². The zero-order valence-electron chi connectivity index (χ0n) is 12.9. The Morgan fingerprint density at radius 1 is 1.06 bits per heavy atom. The van der Waals surface area contributed by atoms with E-state index in [0.717, 1.165) is 24.9 Å². The monoisotopic (exact) mass is 242 g/mol. The lowest BCUT2D eigenvalue weighted by Gasteiger charge is -2.35. The predicted molar refractivity (Wildman–Crippen MR) is 78.5 cm³/mol. The SMILES string of the molecule is CCCNCC(C(C)C)N(CC)CC(C)CC. The lowest BCUT2D eigenvalue weighted by Crippen LogP contribution is -2.47. The maximum atomic E-state index is 3.58. The van der Waals surface area contributed by atoms with E-state index in [1.165, 1.54) is 25.9 Å². The zero-order valence-corrected chi connectivity index (χ0v) is 12.9. The average molecular weight is 242 g/mol. The molecule has 0 aromatic heterocycles. The smallest absolute Gasteiger partial charge is 0.0243 e. The summed E-state index contributed by atoms with van der Waals surface area (Å²) in [5.41, 5.74) is 0. The van der Waals surface area contributed by atoms with Crippen molar-refractivity contribution >= 4 is 0 Å². The fourth-order valence-corrected chi connectivity index (χ4v) is 2.24. The third-order valence-corrected chi connectivity index (χ3v) is 3.67. The van der Waals surface area contributed by atoms with Gasteiger partial charge in [-0.15, -0.1) is 0 Å². The molecule has 0 aromatic carbocycles. The maximum absolute atomic E-state index is 3.58. The Morgan fingerprint density at radius 3 is 2.12 bits per heavy atom. The molecule has 2 heteroatoms. The summed E-state index contributed by atoms with van der Waals surface area (Å²) < 4.78 is 0. The highest BCUT2D eigenvalue weighted by molar-refractivity contribution is 4.77. The van der Waals surface area contributed by atoms with Gasteiger partial charge in [0.15, 0.2) is 0 Å². The number of likely N-dealkylation sites (N-methyl/N-ethyl adjacent to an activating group) is 1. The molecule has 104 valence electrons. The maximum Gasteiger partial charge on any atom is 0.0243 e. The van der Waals surface area contributed by atoms with Crippen molar-refractivity contribution in [2.24, 2.45) is 11.8 Å². The van der Waals surface area contributed by atoms with E-state index in [9.17, 15) is 0 Å². The highest BCUT2D eigenvalue weighted by Gasteiger charge is 2.21. The van der Waals surface area contributed by atoms with Crippen LogP contribution in [0.25, 0.3) is 0 Å². The van der Waals surface area contributed by atoms with Crippen LogP contribution in [0.1, 0.15) is 54.4 Å². The first kappa shape index (κ1) is 16.9. The van der Waals surface area contributed by atoms with Crippen LogP contribution in [0, 0.1) is 11.8 Å². The topological polar surface area (TPSA) is 15.3 Å². The molecule has 1 N–H and O–H groups in total. The summed E-state index contributed by atoms with van der Waals surface area (Å²) in [6.45, 7) is 18.5. The molecule has 0 aliphatic carbocycles. The van der Waals surface area contributed by atoms with Gasteiger partial charge in [0.05, 0.1) is 0 Å². The summed E-state index contributed by atoms with van der Waals surface area (Å²) in [7, 11) is 0. The number of hydrogen-bond acceptors (Lipinski definition) is 2. The first-order chi connectivity index (χ1) is 8.06. The van der Waals surface area contributed by atoms with E-state index in [1.807, 2.05) is 0 Å². The van der Waals surface area contributed by atoms with E-state index >= 15 is 0 Å². The van der Waals surface area contributed by atoms with Crippen LogP contribution in [0.5, 0.6) is 0 Å². The van der Waals surface area contributed by atoms with Gasteiger partial charge in [-0.25, -0.2) is 0 Å². The number of nitrogens with zero attached hydrogens (tertiary/aromatic N) is 1. The second-order valence-electron chi connectivity index (χ2n) is 5.62. The van der Waals surface area contributed by atoms with E-state index in [0.29, 0.717) is 6.04 Å². The second kappa shape index (κ2) is 9.90. The van der Waals surface area contributed by atoms with Crippen molar-refractivity contribution in [2.75, 3.05) is 26.2 Å². The summed E-state index contributed by atoms with van der Waals surface area (Å²) in [6, 6.07) is 0.681. The van der Waals surface area contributed by atoms with Gasteiger partial charge in [0, 0.05) is 19.1 Å². The second-order valence-corrected chi connectivity index (χ2v) is 5.62. The first-order valence-electron chi connectivity index (χ1n) is 7.51. The van der Waals surface area contributed by atoms with Crippen molar-refractivity contribution in [1.29, 1.82) is 0 Å². The normalized spacial score (nSPS) is 15.5. The molecular weight excluding hydrogens is 208 g/mol. The Hall–Kier alpha value is -0.0800. The van der Waals surface area contributed by atoms with Crippen LogP contribution < -0.4 is 5.32 Å². The van der Waals surface area contributed by atoms with Gasteiger partial charge in [-0.2, -0.15) is 0 Å². The van der Waals surface area contributed by atoms with Crippen LogP contribution in [-0.4, -0.2) is 37.1 Å². The molecule has 0 aromatic rings. The van der Waals surface area contributed by atoms with Crippen molar-refractivity contribution < 1.29 is 0 Å². The fraction of sp³-hybridized carbons (Fsp3) is 1.00. The molecule has 0 saturated heterocycles. The first-order valence-corrected chi connectivity index (χ1v) is 7.51. The van der Waals surface area contributed by atoms with E-state index in [1.54, 1.807) is 0 Å². The minimum Gasteiger partial charge on any atom is -0.315 e. The van der Waals surface area contributed by atoms with Gasteiger partial charge in [0.1, 0.15) is 0 Å². The minimum absolute atomic E-state index is 0.681. The number of rotatable bonds is 10. The lowest BCUT2D eigenvalue weighted by molar-refractivity contribution is 0.138. The van der Waals surface area contributed by atoms with Gasteiger partial charge in [-0.05, 0) is 31.3 Å². The molecule has 0 spiro atoms. The third kappa shape index (κ3) is 7.05. The van der Waals surface area contributed by atoms with E-state index < -0.39 is 0 Å². The van der Waals surface area contributed by atoms with Crippen molar-refractivity contribution in [1.82, 2.24) is 10.2 Å². The fourth-order valence-electron chi connectivity index (χ4n) is 2.24. The van der Waals surface area contributed by atoms with E-state index in [2.05, 4.69) is 51.8 Å². The zero-order chi connectivity index (χ0) is 13.3. The van der Waals surface area contributed by atoms with Gasteiger partial charge in [-0.3, -0.25) is 4.90 Å². The Morgan fingerprint density at radius 2 is 1.71 bits per heavy atom. The van der Waals surface area contributed by atoms with Crippen LogP contribution in [0.3, 0.4) is 0 Å². The molecule has 0 aliphatic rings. The highest BCUT2D eigenvalue weighted by atomic mass is 15.2. The molecule has 0 rings (SSSR count). The van der Waals surface area contributed by atoms with Crippen LogP contribution >= 0.6 is 0 Å². The molecule has 0 radical (unpaired) electrons.